The first-order chi connectivity index (χ1) is 12.8. The van der Waals surface area contributed by atoms with Crippen molar-refractivity contribution in [2.75, 3.05) is 5.84 Å². The molecule has 1 aromatic heterocycles. The van der Waals surface area contributed by atoms with Crippen molar-refractivity contribution in [3.8, 4) is 33.5 Å². The maximum absolute atomic E-state index is 12.6. The van der Waals surface area contributed by atoms with Crippen LogP contribution in [0.2, 0.25) is 0 Å². The van der Waals surface area contributed by atoms with Crippen molar-refractivity contribution in [3.63, 3.8) is 0 Å². The van der Waals surface area contributed by atoms with Gasteiger partial charge < -0.3 is 5.84 Å². The number of rotatable bonds is 3. The quantitative estimate of drug-likeness (QED) is 0.557. The Morgan fingerprint density at radius 1 is 0.615 bits per heavy atom. The highest BCUT2D eigenvalue weighted by Gasteiger charge is 2.18. The van der Waals surface area contributed by atoms with Crippen LogP contribution in [0.5, 0.6) is 0 Å². The highest BCUT2D eigenvalue weighted by atomic mass is 16.1. The van der Waals surface area contributed by atoms with Crippen LogP contribution in [0.4, 0.5) is 0 Å². The van der Waals surface area contributed by atoms with Gasteiger partial charge >= 0.3 is 0 Å². The average Bonchev–Trinajstić information content (AvgIpc) is 2.71. The first-order valence-corrected chi connectivity index (χ1v) is 8.47. The van der Waals surface area contributed by atoms with Gasteiger partial charge in [-0.3, -0.25) is 4.79 Å². The van der Waals surface area contributed by atoms with E-state index in [1.165, 1.54) is 4.68 Å². The molecular formula is C23H18N2O. The Labute approximate surface area is 152 Å². The van der Waals surface area contributed by atoms with E-state index in [4.69, 9.17) is 5.84 Å². The summed E-state index contributed by atoms with van der Waals surface area (Å²) in [5.74, 6) is 6.20. The van der Waals surface area contributed by atoms with Crippen LogP contribution in [0.15, 0.2) is 102 Å². The van der Waals surface area contributed by atoms with E-state index in [0.29, 0.717) is 5.69 Å². The molecule has 0 aliphatic rings. The normalized spacial score (nSPS) is 10.6. The predicted molar refractivity (Wildman–Crippen MR) is 107 cm³/mol. The van der Waals surface area contributed by atoms with E-state index < -0.39 is 0 Å². The third-order valence-corrected chi connectivity index (χ3v) is 4.45. The molecule has 0 spiro atoms. The van der Waals surface area contributed by atoms with Crippen LogP contribution in [0, 0.1) is 0 Å². The second-order valence-electron chi connectivity index (χ2n) is 6.09. The van der Waals surface area contributed by atoms with Gasteiger partial charge in [0.25, 0.3) is 5.56 Å². The summed E-state index contributed by atoms with van der Waals surface area (Å²) in [6, 6.07) is 31.4. The van der Waals surface area contributed by atoms with E-state index in [1.807, 2.05) is 91.0 Å². The van der Waals surface area contributed by atoms with Crippen molar-refractivity contribution in [1.82, 2.24) is 4.68 Å². The summed E-state index contributed by atoms with van der Waals surface area (Å²) in [4.78, 5) is 12.6. The third kappa shape index (κ3) is 2.80. The summed E-state index contributed by atoms with van der Waals surface area (Å²) in [7, 11) is 0. The minimum Gasteiger partial charge on any atom is -0.336 e. The summed E-state index contributed by atoms with van der Waals surface area (Å²) in [5.41, 5.74) is 5.22. The van der Waals surface area contributed by atoms with Crippen LogP contribution >= 0.6 is 0 Å². The van der Waals surface area contributed by atoms with Gasteiger partial charge in [-0.2, -0.15) is 0 Å². The molecule has 1 heterocycles. The van der Waals surface area contributed by atoms with Gasteiger partial charge in [-0.05, 0) is 16.7 Å². The number of nitrogen functional groups attached to an aromatic ring is 1. The highest BCUT2D eigenvalue weighted by Crippen LogP contribution is 2.38. The first-order valence-electron chi connectivity index (χ1n) is 8.47. The van der Waals surface area contributed by atoms with E-state index in [9.17, 15) is 4.79 Å². The molecule has 0 saturated heterocycles. The molecule has 0 saturated carbocycles. The fourth-order valence-corrected chi connectivity index (χ4v) is 3.25. The lowest BCUT2D eigenvalue weighted by atomic mass is 9.91. The number of hydrogen-bond acceptors (Lipinski definition) is 2. The molecule has 0 amide bonds. The predicted octanol–water partition coefficient (Wildman–Crippen LogP) is 4.56. The molecule has 0 atom stereocenters. The average molecular weight is 338 g/mol. The van der Waals surface area contributed by atoms with Crippen molar-refractivity contribution in [2.45, 2.75) is 0 Å². The van der Waals surface area contributed by atoms with Crippen LogP contribution < -0.4 is 11.4 Å². The second-order valence-corrected chi connectivity index (χ2v) is 6.09. The molecule has 0 radical (unpaired) electrons. The fraction of sp³-hybridized carbons (Fsp3) is 0. The summed E-state index contributed by atoms with van der Waals surface area (Å²) >= 11 is 0. The number of hydrogen-bond donors (Lipinski definition) is 1. The van der Waals surface area contributed by atoms with E-state index in [0.717, 1.165) is 27.8 Å². The van der Waals surface area contributed by atoms with Gasteiger partial charge in [0.2, 0.25) is 0 Å². The van der Waals surface area contributed by atoms with Gasteiger partial charge in [0.15, 0.2) is 0 Å². The van der Waals surface area contributed by atoms with E-state index >= 15 is 0 Å². The summed E-state index contributed by atoms with van der Waals surface area (Å²) in [6.45, 7) is 0. The Hall–Kier alpha value is -3.59. The minimum atomic E-state index is -0.234. The number of nitrogens with zero attached hydrogens (tertiary/aromatic N) is 1. The number of nitrogens with two attached hydrogens (primary N) is 1. The number of aromatic nitrogens is 1. The van der Waals surface area contributed by atoms with Gasteiger partial charge in [0, 0.05) is 17.2 Å². The second kappa shape index (κ2) is 6.73. The largest absolute Gasteiger partial charge is 0.336 e. The van der Waals surface area contributed by atoms with Crippen molar-refractivity contribution >= 4 is 0 Å². The van der Waals surface area contributed by atoms with Crippen LogP contribution in [-0.2, 0) is 0 Å². The van der Waals surface area contributed by atoms with Gasteiger partial charge in [0.1, 0.15) is 0 Å². The molecule has 0 unspecified atom stereocenters. The molecule has 0 bridgehead atoms. The third-order valence-electron chi connectivity index (χ3n) is 4.45. The van der Waals surface area contributed by atoms with Crippen LogP contribution in [-0.4, -0.2) is 4.68 Å². The topological polar surface area (TPSA) is 48.0 Å². The zero-order valence-corrected chi connectivity index (χ0v) is 14.2. The lowest BCUT2D eigenvalue weighted by Crippen LogP contribution is -2.29. The van der Waals surface area contributed by atoms with Crippen LogP contribution in [0.1, 0.15) is 0 Å². The lowest BCUT2D eigenvalue weighted by molar-refractivity contribution is 0.950. The molecule has 26 heavy (non-hydrogen) atoms. The molecule has 3 aromatic carbocycles. The Bertz CT molecular complexity index is 1090. The molecule has 0 aliphatic carbocycles. The van der Waals surface area contributed by atoms with Crippen molar-refractivity contribution < 1.29 is 0 Å². The van der Waals surface area contributed by atoms with Gasteiger partial charge in [-0.25, -0.2) is 4.68 Å². The SMILES string of the molecule is Nn1c(-c2ccccc2)c(-c2ccccc2)c(-c2ccccc2)cc1=O. The molecule has 4 aromatic rings. The maximum atomic E-state index is 12.6. The Morgan fingerprint density at radius 2 is 1.08 bits per heavy atom. The lowest BCUT2D eigenvalue weighted by Gasteiger charge is -2.18. The van der Waals surface area contributed by atoms with Crippen molar-refractivity contribution in [2.24, 2.45) is 0 Å². The summed E-state index contributed by atoms with van der Waals surface area (Å²) in [6.07, 6.45) is 0. The van der Waals surface area contributed by atoms with Crippen molar-refractivity contribution in [3.05, 3.63) is 107 Å². The minimum absolute atomic E-state index is 0.234. The van der Waals surface area contributed by atoms with Gasteiger partial charge in [-0.15, -0.1) is 0 Å². The van der Waals surface area contributed by atoms with Gasteiger partial charge in [-0.1, -0.05) is 91.0 Å². The van der Waals surface area contributed by atoms with Gasteiger partial charge in [0.05, 0.1) is 5.69 Å². The standard InChI is InChI=1S/C23H18N2O/c24-25-21(26)16-20(17-10-4-1-5-11-17)22(18-12-6-2-7-13-18)23(25)19-14-8-3-9-15-19/h1-16H,24H2. The fourth-order valence-electron chi connectivity index (χ4n) is 3.25. The summed E-state index contributed by atoms with van der Waals surface area (Å²) in [5, 5.41) is 0. The Morgan fingerprint density at radius 3 is 1.62 bits per heavy atom. The van der Waals surface area contributed by atoms with Crippen LogP contribution in [0.25, 0.3) is 33.5 Å². The van der Waals surface area contributed by atoms with E-state index in [1.54, 1.807) is 6.07 Å². The molecule has 3 nitrogen and oxygen atoms in total. The zero-order valence-electron chi connectivity index (χ0n) is 14.2. The first kappa shape index (κ1) is 15.9. The molecular weight excluding hydrogens is 320 g/mol. The molecule has 126 valence electrons. The Balaban J connectivity index is 2.14. The molecule has 0 aliphatic heterocycles. The smallest absolute Gasteiger partial charge is 0.269 e. The molecule has 2 N–H and O–H groups in total. The van der Waals surface area contributed by atoms with Crippen LogP contribution in [0.3, 0.4) is 0 Å². The molecule has 3 heteroatoms. The molecule has 0 fully saturated rings. The van der Waals surface area contributed by atoms with E-state index in [2.05, 4.69) is 0 Å². The number of benzene rings is 3. The monoisotopic (exact) mass is 338 g/mol. The molecule has 4 rings (SSSR count). The Kier molecular flexibility index (Phi) is 4.12. The van der Waals surface area contributed by atoms with Crippen molar-refractivity contribution in [1.29, 1.82) is 0 Å². The zero-order chi connectivity index (χ0) is 17.9. The number of pyridine rings is 1. The maximum Gasteiger partial charge on any atom is 0.269 e. The summed E-state index contributed by atoms with van der Waals surface area (Å²) < 4.78 is 1.24. The highest BCUT2D eigenvalue weighted by molar-refractivity contribution is 5.92. The van der Waals surface area contributed by atoms with E-state index in [-0.39, 0.29) is 5.56 Å².